The van der Waals surface area contributed by atoms with E-state index in [9.17, 15) is 8.42 Å². The van der Waals surface area contributed by atoms with Gasteiger partial charge in [0, 0.05) is 13.1 Å². The molecule has 25 heavy (non-hydrogen) atoms. The lowest BCUT2D eigenvalue weighted by Gasteiger charge is -2.21. The monoisotopic (exact) mass is 357 g/mol. The summed E-state index contributed by atoms with van der Waals surface area (Å²) in [7, 11) is 0.651. The van der Waals surface area contributed by atoms with Crippen LogP contribution in [0.1, 0.15) is 0 Å². The van der Waals surface area contributed by atoms with Gasteiger partial charge in [-0.1, -0.05) is 30.3 Å². The summed E-state index contributed by atoms with van der Waals surface area (Å²) in [4.78, 5) is 0.0602. The summed E-state index contributed by atoms with van der Waals surface area (Å²) in [6.45, 7) is 0. The number of rotatable bonds is 5. The van der Waals surface area contributed by atoms with E-state index in [-0.39, 0.29) is 10.6 Å². The summed E-state index contributed by atoms with van der Waals surface area (Å²) >= 11 is 0. The first kappa shape index (κ1) is 17.1. The molecular weight excluding hydrogens is 338 g/mol. The first-order valence-electron chi connectivity index (χ1n) is 7.67. The molecule has 0 unspecified atom stereocenters. The van der Waals surface area contributed by atoms with E-state index in [2.05, 4.69) is 0 Å². The van der Waals surface area contributed by atoms with Gasteiger partial charge in [0.2, 0.25) is 0 Å². The largest absolute Gasteiger partial charge is 0.497 e. The number of nitrogens with zero attached hydrogens (tertiary/aromatic N) is 1. The molecule has 3 rings (SSSR count). The molecule has 3 aromatic rings. The number of ether oxygens (including phenoxy) is 2. The fourth-order valence-corrected chi connectivity index (χ4v) is 4.00. The van der Waals surface area contributed by atoms with Gasteiger partial charge in [0.05, 0.1) is 19.9 Å². The van der Waals surface area contributed by atoms with Crippen LogP contribution in [0.5, 0.6) is 11.5 Å². The van der Waals surface area contributed by atoms with Gasteiger partial charge in [-0.15, -0.1) is 0 Å². The maximum atomic E-state index is 13.1. The standard InChI is InChI=1S/C19H19NO4S/c1-20(16-9-8-14-6-4-5-7-15(14)12-16)25(21,22)19-13-17(23-2)10-11-18(19)24-3/h4-13H,1-3H3. The summed E-state index contributed by atoms with van der Waals surface area (Å²) < 4.78 is 37.8. The number of benzene rings is 3. The van der Waals surface area contributed by atoms with Gasteiger partial charge in [-0.3, -0.25) is 4.31 Å². The Morgan fingerprint density at radius 1 is 0.840 bits per heavy atom. The van der Waals surface area contributed by atoms with Crippen LogP contribution in [0.25, 0.3) is 10.8 Å². The first-order chi connectivity index (χ1) is 12.0. The molecule has 0 bridgehead atoms. The van der Waals surface area contributed by atoms with Gasteiger partial charge in [-0.25, -0.2) is 8.42 Å². The molecule has 0 radical (unpaired) electrons. The number of anilines is 1. The van der Waals surface area contributed by atoms with Crippen molar-refractivity contribution in [1.29, 1.82) is 0 Å². The van der Waals surface area contributed by atoms with E-state index in [0.717, 1.165) is 10.8 Å². The topological polar surface area (TPSA) is 55.8 Å². The highest BCUT2D eigenvalue weighted by Gasteiger charge is 2.26. The zero-order chi connectivity index (χ0) is 18.0. The molecule has 3 aromatic carbocycles. The third-order valence-corrected chi connectivity index (χ3v) is 5.91. The second-order valence-corrected chi connectivity index (χ2v) is 7.46. The van der Waals surface area contributed by atoms with Crippen LogP contribution in [0.15, 0.2) is 65.6 Å². The summed E-state index contributed by atoms with van der Waals surface area (Å²) in [6, 6.07) is 18.0. The molecule has 0 aliphatic carbocycles. The molecule has 0 heterocycles. The number of hydrogen-bond donors (Lipinski definition) is 0. The molecule has 130 valence electrons. The first-order valence-corrected chi connectivity index (χ1v) is 9.11. The number of fused-ring (bicyclic) bond motifs is 1. The summed E-state index contributed by atoms with van der Waals surface area (Å²) in [5.41, 5.74) is 0.573. The van der Waals surface area contributed by atoms with Gasteiger partial charge in [-0.2, -0.15) is 0 Å². The zero-order valence-electron chi connectivity index (χ0n) is 14.3. The minimum atomic E-state index is -3.81. The smallest absolute Gasteiger partial charge is 0.267 e. The van der Waals surface area contributed by atoms with Crippen molar-refractivity contribution < 1.29 is 17.9 Å². The Labute approximate surface area is 147 Å². The number of sulfonamides is 1. The fraction of sp³-hybridized carbons (Fsp3) is 0.158. The minimum absolute atomic E-state index is 0.0602. The van der Waals surface area contributed by atoms with Gasteiger partial charge in [0.25, 0.3) is 10.0 Å². The number of methoxy groups -OCH3 is 2. The molecule has 0 saturated heterocycles. The van der Waals surface area contributed by atoms with Gasteiger partial charge < -0.3 is 9.47 Å². The molecule has 0 amide bonds. The van der Waals surface area contributed by atoms with E-state index in [1.165, 1.54) is 31.6 Å². The Morgan fingerprint density at radius 2 is 1.56 bits per heavy atom. The van der Waals surface area contributed by atoms with Crippen molar-refractivity contribution in [2.45, 2.75) is 4.90 Å². The van der Waals surface area contributed by atoms with Crippen LogP contribution in [-0.4, -0.2) is 29.7 Å². The third-order valence-electron chi connectivity index (χ3n) is 4.11. The molecule has 0 aromatic heterocycles. The van der Waals surface area contributed by atoms with E-state index in [4.69, 9.17) is 9.47 Å². The molecule has 0 fully saturated rings. The molecule has 0 aliphatic heterocycles. The van der Waals surface area contributed by atoms with Crippen molar-refractivity contribution >= 4 is 26.5 Å². The van der Waals surface area contributed by atoms with E-state index < -0.39 is 10.0 Å². The SMILES string of the molecule is COc1ccc(OC)c(S(=O)(=O)N(C)c2ccc3ccccc3c2)c1. The van der Waals surface area contributed by atoms with Gasteiger partial charge in [-0.05, 0) is 35.0 Å². The Balaban J connectivity index is 2.09. The van der Waals surface area contributed by atoms with Crippen molar-refractivity contribution in [3.8, 4) is 11.5 Å². The zero-order valence-corrected chi connectivity index (χ0v) is 15.1. The average molecular weight is 357 g/mol. The van der Waals surface area contributed by atoms with Crippen molar-refractivity contribution in [3.05, 3.63) is 60.7 Å². The normalized spacial score (nSPS) is 11.3. The van der Waals surface area contributed by atoms with E-state index in [1.807, 2.05) is 36.4 Å². The van der Waals surface area contributed by atoms with E-state index in [0.29, 0.717) is 11.4 Å². The Kier molecular flexibility index (Phi) is 4.55. The van der Waals surface area contributed by atoms with Crippen molar-refractivity contribution in [1.82, 2.24) is 0 Å². The van der Waals surface area contributed by atoms with E-state index >= 15 is 0 Å². The van der Waals surface area contributed by atoms with Crippen molar-refractivity contribution in [2.24, 2.45) is 0 Å². The van der Waals surface area contributed by atoms with Crippen molar-refractivity contribution in [2.75, 3.05) is 25.6 Å². The van der Waals surface area contributed by atoms with Gasteiger partial charge in [0.1, 0.15) is 16.4 Å². The highest BCUT2D eigenvalue weighted by atomic mass is 32.2. The number of hydrogen-bond acceptors (Lipinski definition) is 4. The second-order valence-electron chi connectivity index (χ2n) is 5.52. The molecule has 0 spiro atoms. The second kappa shape index (κ2) is 6.64. The molecule has 5 nitrogen and oxygen atoms in total. The van der Waals surface area contributed by atoms with Crippen LogP contribution in [0.4, 0.5) is 5.69 Å². The van der Waals surface area contributed by atoms with Gasteiger partial charge >= 0.3 is 0 Å². The molecular formula is C19H19NO4S. The van der Waals surface area contributed by atoms with Crippen LogP contribution in [-0.2, 0) is 10.0 Å². The summed E-state index contributed by atoms with van der Waals surface area (Å²) in [5, 5.41) is 2.02. The van der Waals surface area contributed by atoms with E-state index in [1.54, 1.807) is 18.2 Å². The minimum Gasteiger partial charge on any atom is -0.497 e. The molecule has 0 atom stereocenters. The summed E-state index contributed by atoms with van der Waals surface area (Å²) in [6.07, 6.45) is 0. The fourth-order valence-electron chi connectivity index (χ4n) is 2.64. The highest BCUT2D eigenvalue weighted by Crippen LogP contribution is 2.33. The maximum absolute atomic E-state index is 13.1. The predicted octanol–water partition coefficient (Wildman–Crippen LogP) is 3.68. The molecule has 6 heteroatoms. The molecule has 0 saturated carbocycles. The predicted molar refractivity (Wildman–Crippen MR) is 99.1 cm³/mol. The Hall–Kier alpha value is -2.73. The summed E-state index contributed by atoms with van der Waals surface area (Å²) in [5.74, 6) is 0.722. The lowest BCUT2D eigenvalue weighted by Crippen LogP contribution is -2.27. The molecule has 0 N–H and O–H groups in total. The van der Waals surface area contributed by atoms with Crippen LogP contribution < -0.4 is 13.8 Å². The quantitative estimate of drug-likeness (QED) is 0.699. The lowest BCUT2D eigenvalue weighted by atomic mass is 10.1. The third kappa shape index (κ3) is 3.13. The average Bonchev–Trinajstić information content (AvgIpc) is 2.66. The Bertz CT molecular complexity index is 1010. The lowest BCUT2D eigenvalue weighted by molar-refractivity contribution is 0.392. The Morgan fingerprint density at radius 3 is 2.24 bits per heavy atom. The maximum Gasteiger partial charge on any atom is 0.267 e. The van der Waals surface area contributed by atoms with Crippen LogP contribution in [0.3, 0.4) is 0 Å². The van der Waals surface area contributed by atoms with Crippen LogP contribution in [0.2, 0.25) is 0 Å². The highest BCUT2D eigenvalue weighted by molar-refractivity contribution is 7.93. The van der Waals surface area contributed by atoms with Crippen LogP contribution >= 0.6 is 0 Å². The van der Waals surface area contributed by atoms with Crippen molar-refractivity contribution in [3.63, 3.8) is 0 Å². The molecule has 0 aliphatic rings. The van der Waals surface area contributed by atoms with Gasteiger partial charge in [0.15, 0.2) is 0 Å². The van der Waals surface area contributed by atoms with Crippen LogP contribution in [0, 0.1) is 0 Å².